The fourth-order valence-electron chi connectivity index (χ4n) is 0.668. The van der Waals surface area contributed by atoms with Crippen LogP contribution in [0, 0.1) is 0 Å². The van der Waals surface area contributed by atoms with Crippen molar-refractivity contribution in [2.75, 3.05) is 27.7 Å². The molecule has 0 spiro atoms. The van der Waals surface area contributed by atoms with Crippen LogP contribution in [0.25, 0.3) is 0 Å². The quantitative estimate of drug-likeness (QED) is 0.399. The number of nitrogens with zero attached hydrogens (tertiary/aromatic N) is 1. The summed E-state index contributed by atoms with van der Waals surface area (Å²) in [5.74, 6) is 0.248. The van der Waals surface area contributed by atoms with Crippen LogP contribution in [0.3, 0.4) is 0 Å². The minimum absolute atomic E-state index is 0. The molecule has 0 radical (unpaired) electrons. The number of hydrogen-bond acceptors (Lipinski definition) is 1. The molecule has 0 bridgehead atoms. The number of quaternary nitrogens is 1. The van der Waals surface area contributed by atoms with Gasteiger partial charge in [-0.2, -0.15) is 0 Å². The number of rotatable bonds is 2. The molecule has 0 atom stereocenters. The Morgan fingerprint density at radius 3 is 1.78 bits per heavy atom. The van der Waals surface area contributed by atoms with E-state index in [0.717, 1.165) is 4.48 Å². The molecule has 0 aliphatic heterocycles. The first-order valence-electron chi connectivity index (χ1n) is 2.72. The summed E-state index contributed by atoms with van der Waals surface area (Å²) in [7, 11) is 6.00. The highest BCUT2D eigenvalue weighted by atomic mass is 35.5. The van der Waals surface area contributed by atoms with Crippen LogP contribution in [0.15, 0.2) is 0 Å². The van der Waals surface area contributed by atoms with Crippen LogP contribution >= 0.6 is 0 Å². The Morgan fingerprint density at radius 1 is 1.44 bits per heavy atom. The van der Waals surface area contributed by atoms with Crippen LogP contribution < -0.4 is 12.4 Å². The lowest BCUT2D eigenvalue weighted by Crippen LogP contribution is -3.00. The second-order valence-electron chi connectivity index (χ2n) is 3.15. The Hall–Kier alpha value is -0.0800. The van der Waals surface area contributed by atoms with Crippen LogP contribution in [-0.4, -0.2) is 38.0 Å². The highest BCUT2D eigenvalue weighted by molar-refractivity contribution is 5.76. The van der Waals surface area contributed by atoms with E-state index in [1.54, 1.807) is 6.92 Å². The third-order valence-electron chi connectivity index (χ3n) is 0.697. The van der Waals surface area contributed by atoms with Gasteiger partial charge in [-0.3, -0.25) is 4.79 Å². The lowest BCUT2D eigenvalue weighted by atomic mass is 10.4. The first kappa shape index (κ1) is 11.7. The molecule has 0 N–H and O–H groups in total. The molecule has 0 aromatic rings. The average molecular weight is 158 g/mol. The van der Waals surface area contributed by atoms with Gasteiger partial charge in [-0.05, 0) is 0 Å². The summed E-state index contributed by atoms with van der Waals surface area (Å²) in [6.07, 6.45) is 0. The first-order chi connectivity index (χ1) is 3.42. The molecule has 0 fully saturated rings. The zero-order valence-corrected chi connectivity index (χ0v) is 7.20. The molecular weight excluding hydrogens is 144 g/mol. The van der Waals surface area contributed by atoms with Gasteiger partial charge in [0.1, 0.15) is 6.54 Å². The molecule has 0 heterocycles. The van der Waals surface area contributed by atoms with Crippen LogP contribution in [0.4, 0.5) is 0 Å². The van der Waals surface area contributed by atoms with E-state index in [4.69, 9.17) is 0 Å². The van der Waals surface area contributed by atoms with E-state index in [1.807, 2.05) is 21.1 Å². The molecule has 0 saturated heterocycles. The summed E-state index contributed by atoms with van der Waals surface area (Å²) in [6, 6.07) is 0. The van der Waals surface area contributed by atoms with Crippen LogP contribution in [0.2, 0.25) is 0 Å². The van der Waals surface area contributed by atoms with Gasteiger partial charge in [-0.25, -0.2) is 0 Å². The summed E-state index contributed by atoms with van der Waals surface area (Å²) in [5.41, 5.74) is 0. The van der Waals surface area contributed by atoms with Crippen LogP contribution in [0.1, 0.15) is 6.92 Å². The van der Waals surface area contributed by atoms with E-state index in [-0.39, 0.29) is 18.2 Å². The van der Waals surface area contributed by atoms with Gasteiger partial charge >= 0.3 is 0 Å². The lowest BCUT2D eigenvalue weighted by Gasteiger charge is -2.21. The van der Waals surface area contributed by atoms with Crippen molar-refractivity contribution in [3.8, 4) is 0 Å². The van der Waals surface area contributed by atoms with Crippen molar-refractivity contribution in [2.45, 2.75) is 6.92 Å². The number of likely N-dealkylation sites (N-methyl/N-ethyl adjacent to an activating group) is 1. The highest BCUT2D eigenvalue weighted by Gasteiger charge is 2.08. The molecule has 0 aromatic carbocycles. The van der Waals surface area contributed by atoms with Gasteiger partial charge in [0, 0.05) is 6.92 Å². The summed E-state index contributed by atoms with van der Waals surface area (Å²) >= 11 is 0. The van der Waals surface area contributed by atoms with Crippen molar-refractivity contribution in [2.24, 2.45) is 0 Å². The van der Waals surface area contributed by atoms with Crippen molar-refractivity contribution < 1.29 is 21.7 Å². The predicted molar refractivity (Wildman–Crippen MR) is 33.6 cm³/mol. The second kappa shape index (κ2) is 3.85. The largest absolute Gasteiger partial charge is 1.00 e. The van der Waals surface area contributed by atoms with Crippen molar-refractivity contribution >= 4 is 5.78 Å². The van der Waals surface area contributed by atoms with E-state index < -0.39 is 0 Å². The maximum Gasteiger partial charge on any atom is 0.183 e. The Kier molecular flexibility index (Phi) is 5.00. The molecule has 3 heteroatoms. The molecule has 0 unspecified atom stereocenters. The molecule has 0 aliphatic rings. The van der Waals surface area contributed by atoms with Crippen molar-refractivity contribution in [1.82, 2.24) is 0 Å². The van der Waals surface area contributed by atoms with Gasteiger partial charge in [-0.1, -0.05) is 0 Å². The van der Waals surface area contributed by atoms with Crippen LogP contribution in [-0.2, 0) is 4.79 Å². The number of ketones is 1. The van der Waals surface area contributed by atoms with E-state index in [0.29, 0.717) is 6.54 Å². The minimum Gasteiger partial charge on any atom is -1.00 e. The molecule has 9 heavy (non-hydrogen) atoms. The summed E-state index contributed by atoms with van der Waals surface area (Å²) < 4.78 is 0.731. The third kappa shape index (κ3) is 11.5. The molecule has 0 rings (SSSR count). The number of hydrogen-bond donors (Lipinski definition) is 0. The third-order valence-corrected chi connectivity index (χ3v) is 0.697. The molecule has 0 amide bonds. The Balaban J connectivity index is 0. The normalized spacial score (nSPS) is 10.2. The summed E-state index contributed by atoms with van der Waals surface area (Å²) in [5, 5.41) is 0. The van der Waals surface area contributed by atoms with E-state index in [9.17, 15) is 4.79 Å². The van der Waals surface area contributed by atoms with Gasteiger partial charge in [0.25, 0.3) is 0 Å². The van der Waals surface area contributed by atoms with E-state index in [1.165, 1.54) is 0 Å². The lowest BCUT2D eigenvalue weighted by molar-refractivity contribution is -0.862. The number of Topliss-reactive ketones (excluding diaryl/α,β-unsaturated/α-hetero) is 1. The maximum atomic E-state index is 10.4. The smallest absolute Gasteiger partial charge is 0.183 e. The minimum atomic E-state index is 0. The molecule has 0 aromatic heterocycles. The van der Waals surface area contributed by atoms with Gasteiger partial charge in [0.05, 0.1) is 21.1 Å². The molecular formula is C6H14ClNO. The van der Waals surface area contributed by atoms with Crippen molar-refractivity contribution in [1.29, 1.82) is 0 Å². The van der Waals surface area contributed by atoms with Gasteiger partial charge in [-0.15, -0.1) is 0 Å². The summed E-state index contributed by atoms with van der Waals surface area (Å²) in [6.45, 7) is 2.24. The topological polar surface area (TPSA) is 17.1 Å². The van der Waals surface area contributed by atoms with Gasteiger partial charge < -0.3 is 16.9 Å². The number of halogens is 1. The molecule has 56 valence electrons. The summed E-state index contributed by atoms with van der Waals surface area (Å²) in [4.78, 5) is 10.4. The standard InChI is InChI=1S/C6H14NO.ClH/c1-6(8)5-7(2,3)4;/h5H2,1-4H3;1H/q+1;/p-1/i2+2,3+2,4+2;. The molecule has 2 nitrogen and oxygen atoms in total. The predicted octanol–water partition coefficient (Wildman–Crippen LogP) is -2.71. The van der Waals surface area contributed by atoms with E-state index >= 15 is 0 Å². The zero-order chi connectivity index (χ0) is 6.78. The van der Waals surface area contributed by atoms with Crippen LogP contribution in [0.5, 0.6) is 0 Å². The number of carbonyl (C=O) groups is 1. The van der Waals surface area contributed by atoms with Crippen molar-refractivity contribution in [3.63, 3.8) is 0 Å². The zero-order valence-electron chi connectivity index (χ0n) is 6.44. The Morgan fingerprint density at radius 2 is 1.78 bits per heavy atom. The molecule has 0 aliphatic carbocycles. The SMILES string of the molecule is CC(=O)C[N+]([14CH3])([14CH3])[14CH3].[Cl-]. The van der Waals surface area contributed by atoms with Gasteiger partial charge in [0.2, 0.25) is 0 Å². The first-order valence-corrected chi connectivity index (χ1v) is 2.72. The average Bonchev–Trinajstić information content (AvgIpc) is 1.21. The molecule has 0 saturated carbocycles. The Bertz CT molecular complexity index is 95.7. The fourth-order valence-corrected chi connectivity index (χ4v) is 0.668. The Labute approximate surface area is 62.8 Å². The van der Waals surface area contributed by atoms with Crippen molar-refractivity contribution in [3.05, 3.63) is 0 Å². The van der Waals surface area contributed by atoms with E-state index in [2.05, 4.69) is 0 Å². The van der Waals surface area contributed by atoms with Gasteiger partial charge in [0.15, 0.2) is 5.78 Å². The monoisotopic (exact) mass is 157 g/mol. The maximum absolute atomic E-state index is 10.4. The number of carbonyl (C=O) groups excluding carboxylic acids is 1. The highest BCUT2D eigenvalue weighted by Crippen LogP contribution is 1.87. The fraction of sp³-hybridized carbons (Fsp3) is 0.833. The second-order valence-corrected chi connectivity index (χ2v) is 3.15.